The number of nitrogens with zero attached hydrogens (tertiary/aromatic N) is 1. The molecule has 11 heteroatoms. The van der Waals surface area contributed by atoms with Gasteiger partial charge in [0.05, 0.1) is 36.8 Å². The molecule has 0 saturated heterocycles. The van der Waals surface area contributed by atoms with Gasteiger partial charge in [0.2, 0.25) is 5.91 Å². The Balaban J connectivity index is 1.56. The van der Waals surface area contributed by atoms with Crippen molar-refractivity contribution in [1.82, 2.24) is 10.3 Å². The molecule has 1 amide bonds. The highest BCUT2D eigenvalue weighted by atomic mass is 16.6. The number of methoxy groups -OCH3 is 3. The third-order valence-electron chi connectivity index (χ3n) is 12.4. The standard InChI is InChI=1S/C41H57N3O8/c1-8-42-26-39(18-11-21-49-5,52-37(46)31-12-9-10-13-32(31)44-35(45)15-14-29-16-19-43-20-17-29)33-23-30-25-38(33,4)34-22-27(2)36(51-7)41(34,48)40(30,47)24-28(3)50-6/h9-17,19-21,27-28,30,33-34,36,42,47-48H,8,18,22-26H2,1-7H3,(H,44,45)/b15-14+,21-11+/t27-,28+,30?,33-,34-,36-,38-,39+,40-,41-/m0/s1. The number of anilines is 1. The van der Waals surface area contributed by atoms with Gasteiger partial charge in [0.25, 0.3) is 0 Å². The number of carbonyl (C=O) groups excluding carboxylic acids is 2. The summed E-state index contributed by atoms with van der Waals surface area (Å²) in [7, 11) is 4.80. The summed E-state index contributed by atoms with van der Waals surface area (Å²) in [5, 5.41) is 32.2. The number of amides is 1. The lowest BCUT2D eigenvalue weighted by molar-refractivity contribution is -0.278. The minimum Gasteiger partial charge on any atom is -0.505 e. The summed E-state index contributed by atoms with van der Waals surface area (Å²) in [5.74, 6) is -1.98. The van der Waals surface area contributed by atoms with Crippen molar-refractivity contribution >= 4 is 23.6 Å². The van der Waals surface area contributed by atoms with E-state index in [9.17, 15) is 19.8 Å². The first-order valence-corrected chi connectivity index (χ1v) is 18.4. The molecule has 3 saturated carbocycles. The van der Waals surface area contributed by atoms with E-state index in [1.54, 1.807) is 82.5 Å². The van der Waals surface area contributed by atoms with Crippen LogP contribution in [0, 0.1) is 29.1 Å². The molecule has 0 spiro atoms. The Hall–Kier alpha value is -3.61. The molecule has 3 aliphatic rings. The van der Waals surface area contributed by atoms with Crippen molar-refractivity contribution in [2.24, 2.45) is 29.1 Å². The molecule has 10 atom stereocenters. The van der Waals surface area contributed by atoms with Crippen LogP contribution in [0.15, 0.2) is 67.2 Å². The number of benzene rings is 1. The fourth-order valence-corrected chi connectivity index (χ4v) is 10.1. The SMILES string of the molecule is CCNC[C@@](C/C=C/OC)(OC(=O)c1ccccc1NC(=O)/C=C/c1ccncc1)[C@H]1CC2C[C@]1(C)[C@@H]1C[C@H](C)[C@H](OC)[C@]1(O)[C@]2(O)C[C@@H](C)OC. The Bertz CT molecular complexity index is 1600. The number of rotatable bonds is 16. The van der Waals surface area contributed by atoms with E-state index in [-0.39, 0.29) is 41.8 Å². The maximum Gasteiger partial charge on any atom is 0.340 e. The molecular weight excluding hydrogens is 662 g/mol. The quantitative estimate of drug-likeness (QED) is 0.101. The highest BCUT2D eigenvalue weighted by molar-refractivity contribution is 6.06. The van der Waals surface area contributed by atoms with Crippen LogP contribution in [0.5, 0.6) is 0 Å². The highest BCUT2D eigenvalue weighted by Gasteiger charge is 2.78. The predicted molar refractivity (Wildman–Crippen MR) is 199 cm³/mol. The molecule has 0 radical (unpaired) electrons. The van der Waals surface area contributed by atoms with Crippen LogP contribution in [-0.4, -0.2) is 90.5 Å². The van der Waals surface area contributed by atoms with Crippen LogP contribution in [0.4, 0.5) is 5.69 Å². The molecule has 2 aromatic rings. The lowest BCUT2D eigenvalue weighted by Crippen LogP contribution is -2.71. The van der Waals surface area contributed by atoms with E-state index in [0.29, 0.717) is 44.5 Å². The number of carbonyl (C=O) groups is 2. The molecule has 1 unspecified atom stereocenters. The summed E-state index contributed by atoms with van der Waals surface area (Å²) in [6.45, 7) is 9.12. The lowest BCUT2D eigenvalue weighted by atomic mass is 9.52. The molecule has 3 aliphatic carbocycles. The van der Waals surface area contributed by atoms with Crippen LogP contribution in [0.2, 0.25) is 0 Å². The van der Waals surface area contributed by atoms with E-state index >= 15 is 0 Å². The van der Waals surface area contributed by atoms with Crippen molar-refractivity contribution in [2.75, 3.05) is 39.7 Å². The monoisotopic (exact) mass is 719 g/mol. The summed E-state index contributed by atoms with van der Waals surface area (Å²) in [6.07, 6.45) is 11.3. The van der Waals surface area contributed by atoms with Crippen molar-refractivity contribution in [2.45, 2.75) is 88.8 Å². The summed E-state index contributed by atoms with van der Waals surface area (Å²) >= 11 is 0. The second-order valence-electron chi connectivity index (χ2n) is 15.3. The molecule has 0 aliphatic heterocycles. The number of ether oxygens (including phenoxy) is 4. The number of esters is 1. The molecule has 4 N–H and O–H groups in total. The number of nitrogens with one attached hydrogen (secondary N) is 2. The Morgan fingerprint density at radius 3 is 2.52 bits per heavy atom. The van der Waals surface area contributed by atoms with Gasteiger partial charge in [0.15, 0.2) is 0 Å². The minimum absolute atomic E-state index is 0.0246. The topological polar surface area (TPSA) is 148 Å². The zero-order chi connectivity index (χ0) is 37.7. The van der Waals surface area contributed by atoms with Crippen LogP contribution in [0.1, 0.15) is 75.7 Å². The van der Waals surface area contributed by atoms with Crippen molar-refractivity contribution < 1.29 is 38.7 Å². The third-order valence-corrected chi connectivity index (χ3v) is 12.4. The Morgan fingerprint density at radius 2 is 1.85 bits per heavy atom. The van der Waals surface area contributed by atoms with Gasteiger partial charge in [0.1, 0.15) is 16.8 Å². The van der Waals surface area contributed by atoms with E-state index < -0.39 is 40.2 Å². The number of aromatic nitrogens is 1. The van der Waals surface area contributed by atoms with Crippen LogP contribution < -0.4 is 10.6 Å². The smallest absolute Gasteiger partial charge is 0.340 e. The van der Waals surface area contributed by atoms with Gasteiger partial charge in [-0.1, -0.05) is 32.9 Å². The number of likely N-dealkylation sites (N-methyl/N-ethyl adjacent to an activating group) is 1. The Labute approximate surface area is 308 Å². The first-order chi connectivity index (χ1) is 24.8. The minimum atomic E-state index is -1.56. The molecule has 5 rings (SSSR count). The van der Waals surface area contributed by atoms with E-state index in [2.05, 4.69) is 29.5 Å². The van der Waals surface area contributed by atoms with Crippen molar-refractivity contribution in [1.29, 1.82) is 0 Å². The fraction of sp³-hybridized carbons (Fsp3) is 0.585. The van der Waals surface area contributed by atoms with E-state index in [4.69, 9.17) is 18.9 Å². The average molecular weight is 720 g/mol. The number of para-hydroxylation sites is 1. The summed E-state index contributed by atoms with van der Waals surface area (Å²) in [5.41, 5.74) is -3.39. The van der Waals surface area contributed by atoms with Crippen LogP contribution in [0.3, 0.4) is 0 Å². The van der Waals surface area contributed by atoms with Crippen LogP contribution in [0.25, 0.3) is 6.08 Å². The van der Waals surface area contributed by atoms with Gasteiger partial charge in [-0.2, -0.15) is 0 Å². The number of fused-ring (bicyclic) bond motifs is 4. The van der Waals surface area contributed by atoms with Gasteiger partial charge >= 0.3 is 5.97 Å². The molecule has 3 fully saturated rings. The molecule has 11 nitrogen and oxygen atoms in total. The summed E-state index contributed by atoms with van der Waals surface area (Å²) < 4.78 is 23.9. The fourth-order valence-electron chi connectivity index (χ4n) is 10.1. The van der Waals surface area contributed by atoms with Gasteiger partial charge in [-0.15, -0.1) is 0 Å². The van der Waals surface area contributed by atoms with Crippen molar-refractivity contribution in [3.05, 3.63) is 78.3 Å². The first kappa shape index (κ1) is 39.6. The summed E-state index contributed by atoms with van der Waals surface area (Å²) in [6, 6.07) is 10.4. The van der Waals surface area contributed by atoms with Gasteiger partial charge in [-0.3, -0.25) is 9.78 Å². The number of hydrogen-bond donors (Lipinski definition) is 4. The van der Waals surface area contributed by atoms with E-state index in [1.807, 2.05) is 19.9 Å². The normalized spacial score (nSPS) is 32.8. The van der Waals surface area contributed by atoms with E-state index in [0.717, 1.165) is 5.56 Å². The molecule has 1 aromatic heterocycles. The molecule has 1 aromatic carbocycles. The van der Waals surface area contributed by atoms with Crippen molar-refractivity contribution in [3.63, 3.8) is 0 Å². The van der Waals surface area contributed by atoms with Crippen LogP contribution in [-0.2, 0) is 23.7 Å². The van der Waals surface area contributed by atoms with Gasteiger partial charge < -0.3 is 39.8 Å². The van der Waals surface area contributed by atoms with Gasteiger partial charge in [-0.25, -0.2) is 4.79 Å². The zero-order valence-corrected chi connectivity index (χ0v) is 31.6. The lowest BCUT2D eigenvalue weighted by Gasteiger charge is -2.59. The highest BCUT2D eigenvalue weighted by Crippen LogP contribution is 2.72. The predicted octanol–water partition coefficient (Wildman–Crippen LogP) is 5.39. The first-order valence-electron chi connectivity index (χ1n) is 18.4. The summed E-state index contributed by atoms with van der Waals surface area (Å²) in [4.78, 5) is 31.6. The maximum absolute atomic E-state index is 14.5. The third kappa shape index (κ3) is 7.18. The molecule has 52 heavy (non-hydrogen) atoms. The van der Waals surface area contributed by atoms with E-state index in [1.165, 1.54) is 6.08 Å². The molecule has 284 valence electrons. The second-order valence-corrected chi connectivity index (χ2v) is 15.3. The number of aliphatic hydroxyl groups is 2. The Morgan fingerprint density at radius 1 is 1.12 bits per heavy atom. The van der Waals surface area contributed by atoms with Gasteiger partial charge in [0, 0.05) is 58.0 Å². The molecular formula is C41H57N3O8. The largest absolute Gasteiger partial charge is 0.505 e. The number of pyridine rings is 1. The Kier molecular flexibility index (Phi) is 12.3. The van der Waals surface area contributed by atoms with Crippen LogP contribution >= 0.6 is 0 Å². The molecule has 1 heterocycles. The van der Waals surface area contributed by atoms with Crippen molar-refractivity contribution in [3.8, 4) is 0 Å². The second kappa shape index (κ2) is 16.2. The van der Waals surface area contributed by atoms with Gasteiger partial charge in [-0.05, 0) is 97.9 Å². The molecule has 2 bridgehead atoms. The number of hydrogen-bond acceptors (Lipinski definition) is 10. The average Bonchev–Trinajstić information content (AvgIpc) is 3.63. The zero-order valence-electron chi connectivity index (χ0n) is 31.6. The maximum atomic E-state index is 14.5.